The summed E-state index contributed by atoms with van der Waals surface area (Å²) in [5, 5.41) is 12.7. The topological polar surface area (TPSA) is 61.8 Å². The van der Waals surface area contributed by atoms with Crippen LogP contribution >= 0.6 is 0 Å². The summed E-state index contributed by atoms with van der Waals surface area (Å²) in [7, 11) is 3.81. The van der Waals surface area contributed by atoms with E-state index < -0.39 is 6.10 Å². The fourth-order valence-electron chi connectivity index (χ4n) is 2.78. The number of rotatable bonds is 8. The van der Waals surface area contributed by atoms with E-state index in [0.29, 0.717) is 18.7 Å². The van der Waals surface area contributed by atoms with Gasteiger partial charge in [0.05, 0.1) is 0 Å². The van der Waals surface area contributed by atoms with Crippen molar-refractivity contribution < 1.29 is 14.6 Å². The van der Waals surface area contributed by atoms with Crippen LogP contribution in [0, 0.1) is 0 Å². The first-order chi connectivity index (χ1) is 11.5. The minimum absolute atomic E-state index is 0.0261. The molecule has 0 saturated carbocycles. The molecule has 0 heterocycles. The van der Waals surface area contributed by atoms with E-state index in [1.54, 1.807) is 12.1 Å². The van der Waals surface area contributed by atoms with Gasteiger partial charge in [0, 0.05) is 18.7 Å². The molecule has 2 rings (SSSR count). The Bertz CT molecular complexity index is 552. The molecule has 1 atom stereocenters. The Balaban J connectivity index is 1.76. The van der Waals surface area contributed by atoms with Crippen LogP contribution in [-0.2, 0) is 4.79 Å². The number of carbonyl (C=O) groups excluding carboxylic acids is 1. The molecule has 1 aliphatic rings. The summed E-state index contributed by atoms with van der Waals surface area (Å²) < 4.78 is 5.55. The number of amides is 1. The number of hydrogen-bond donors (Lipinski definition) is 2. The third kappa shape index (κ3) is 6.72. The first-order valence-electron chi connectivity index (χ1n) is 8.56. The maximum absolute atomic E-state index is 12.1. The van der Waals surface area contributed by atoms with Crippen molar-refractivity contribution in [3.8, 4) is 5.75 Å². The molecule has 0 aliphatic heterocycles. The second-order valence-corrected chi connectivity index (χ2v) is 6.58. The number of allylic oxidation sites excluding steroid dienone is 1. The molecule has 0 fully saturated rings. The Kier molecular flexibility index (Phi) is 7.28. The van der Waals surface area contributed by atoms with E-state index in [9.17, 15) is 9.90 Å². The van der Waals surface area contributed by atoms with E-state index in [4.69, 9.17) is 4.74 Å². The molecule has 0 spiro atoms. The minimum atomic E-state index is -0.525. The van der Waals surface area contributed by atoms with Gasteiger partial charge in [-0.15, -0.1) is 0 Å². The molecule has 5 nitrogen and oxygen atoms in total. The highest BCUT2D eigenvalue weighted by atomic mass is 16.5. The zero-order valence-electron chi connectivity index (χ0n) is 14.6. The van der Waals surface area contributed by atoms with E-state index in [0.717, 1.165) is 18.5 Å². The van der Waals surface area contributed by atoms with Crippen LogP contribution in [0.2, 0.25) is 0 Å². The van der Waals surface area contributed by atoms with Gasteiger partial charge in [-0.25, -0.2) is 0 Å². The van der Waals surface area contributed by atoms with Crippen molar-refractivity contribution >= 4 is 11.6 Å². The highest BCUT2D eigenvalue weighted by molar-refractivity contribution is 5.92. The van der Waals surface area contributed by atoms with E-state index in [1.165, 1.54) is 18.4 Å². The molecule has 1 aliphatic carbocycles. The molecule has 1 amide bonds. The van der Waals surface area contributed by atoms with Crippen molar-refractivity contribution in [1.82, 2.24) is 4.90 Å². The number of carbonyl (C=O) groups is 1. The van der Waals surface area contributed by atoms with Crippen molar-refractivity contribution in [2.45, 2.75) is 38.2 Å². The highest BCUT2D eigenvalue weighted by Gasteiger charge is 2.10. The van der Waals surface area contributed by atoms with Crippen LogP contribution in [0.15, 0.2) is 35.9 Å². The molecular formula is C19H28N2O3. The molecule has 0 radical (unpaired) electrons. The average Bonchev–Trinajstić information content (AvgIpc) is 2.54. The van der Waals surface area contributed by atoms with Crippen molar-refractivity contribution in [1.29, 1.82) is 0 Å². The standard InChI is InChI=1S/C19H28N2O3/c1-21(2)13-17(22)14-24-18-10-8-16(9-11-18)20-19(23)12-15-6-4-3-5-7-15/h6,8-11,17,22H,3-5,7,12-14H2,1-2H3,(H,20,23). The van der Waals surface area contributed by atoms with Gasteiger partial charge >= 0.3 is 0 Å². The SMILES string of the molecule is CN(C)CC(O)COc1ccc(NC(=O)CC2=CCCCC2)cc1. The first kappa shape index (κ1) is 18.5. The molecule has 5 heteroatoms. The molecule has 0 aromatic heterocycles. The third-order valence-corrected chi connectivity index (χ3v) is 3.93. The van der Waals surface area contributed by atoms with Crippen LogP contribution in [0.25, 0.3) is 0 Å². The Labute approximate surface area is 144 Å². The second kappa shape index (κ2) is 9.45. The summed E-state index contributed by atoms with van der Waals surface area (Å²) in [6, 6.07) is 7.25. The number of nitrogens with zero attached hydrogens (tertiary/aromatic N) is 1. The first-order valence-corrected chi connectivity index (χ1v) is 8.56. The zero-order chi connectivity index (χ0) is 17.4. The van der Waals surface area contributed by atoms with Crippen molar-refractivity contribution in [3.63, 3.8) is 0 Å². The lowest BCUT2D eigenvalue weighted by Crippen LogP contribution is -2.30. The Morgan fingerprint density at radius 1 is 1.29 bits per heavy atom. The fourth-order valence-corrected chi connectivity index (χ4v) is 2.78. The van der Waals surface area contributed by atoms with Crippen molar-refractivity contribution in [3.05, 3.63) is 35.9 Å². The van der Waals surface area contributed by atoms with Gasteiger partial charge < -0.3 is 20.1 Å². The maximum atomic E-state index is 12.1. The average molecular weight is 332 g/mol. The summed E-state index contributed by atoms with van der Waals surface area (Å²) in [4.78, 5) is 14.0. The fraction of sp³-hybridized carbons (Fsp3) is 0.526. The number of likely N-dealkylation sites (N-methyl/N-ethyl adjacent to an activating group) is 1. The molecule has 132 valence electrons. The van der Waals surface area contributed by atoms with Gasteiger partial charge in [0.2, 0.25) is 5.91 Å². The number of hydrogen-bond acceptors (Lipinski definition) is 4. The predicted molar refractivity (Wildman–Crippen MR) is 96.3 cm³/mol. The van der Waals surface area contributed by atoms with Crippen LogP contribution < -0.4 is 10.1 Å². The van der Waals surface area contributed by atoms with E-state index in [-0.39, 0.29) is 12.5 Å². The summed E-state index contributed by atoms with van der Waals surface area (Å²) >= 11 is 0. The zero-order valence-corrected chi connectivity index (χ0v) is 14.6. The van der Waals surface area contributed by atoms with Crippen LogP contribution in [-0.4, -0.2) is 49.3 Å². The third-order valence-electron chi connectivity index (χ3n) is 3.93. The van der Waals surface area contributed by atoms with E-state index in [1.807, 2.05) is 31.1 Å². The largest absolute Gasteiger partial charge is 0.491 e. The predicted octanol–water partition coefficient (Wildman–Crippen LogP) is 2.82. The van der Waals surface area contributed by atoms with Gasteiger partial charge in [-0.2, -0.15) is 0 Å². The molecular weight excluding hydrogens is 304 g/mol. The van der Waals surface area contributed by atoms with E-state index in [2.05, 4.69) is 11.4 Å². The van der Waals surface area contributed by atoms with Gasteiger partial charge in [-0.3, -0.25) is 4.79 Å². The highest BCUT2D eigenvalue weighted by Crippen LogP contribution is 2.21. The Morgan fingerprint density at radius 3 is 2.67 bits per heavy atom. The second-order valence-electron chi connectivity index (χ2n) is 6.58. The molecule has 1 unspecified atom stereocenters. The summed E-state index contributed by atoms with van der Waals surface area (Å²) in [5.41, 5.74) is 2.01. The molecule has 24 heavy (non-hydrogen) atoms. The summed E-state index contributed by atoms with van der Waals surface area (Å²) in [5.74, 6) is 0.707. The van der Waals surface area contributed by atoms with Crippen molar-refractivity contribution in [2.24, 2.45) is 0 Å². The lowest BCUT2D eigenvalue weighted by atomic mass is 9.97. The van der Waals surface area contributed by atoms with Crippen LogP contribution in [0.1, 0.15) is 32.1 Å². The number of nitrogens with one attached hydrogen (secondary N) is 1. The van der Waals surface area contributed by atoms with Gasteiger partial charge in [-0.05, 0) is 64.0 Å². The molecule has 2 N–H and O–H groups in total. The number of aliphatic hydroxyl groups excluding tert-OH is 1. The van der Waals surface area contributed by atoms with E-state index >= 15 is 0 Å². The maximum Gasteiger partial charge on any atom is 0.228 e. The Morgan fingerprint density at radius 2 is 2.04 bits per heavy atom. The molecule has 0 bridgehead atoms. The van der Waals surface area contributed by atoms with Gasteiger partial charge in [0.1, 0.15) is 18.5 Å². The summed E-state index contributed by atoms with van der Waals surface area (Å²) in [6.45, 7) is 0.808. The Hall–Kier alpha value is -1.85. The summed E-state index contributed by atoms with van der Waals surface area (Å²) in [6.07, 6.45) is 6.70. The quantitative estimate of drug-likeness (QED) is 0.719. The molecule has 1 aromatic rings. The van der Waals surface area contributed by atoms with Crippen LogP contribution in [0.3, 0.4) is 0 Å². The number of aliphatic hydroxyl groups is 1. The molecule has 1 aromatic carbocycles. The van der Waals surface area contributed by atoms with Crippen LogP contribution in [0.4, 0.5) is 5.69 Å². The normalized spacial score (nSPS) is 15.8. The van der Waals surface area contributed by atoms with Crippen molar-refractivity contribution in [2.75, 3.05) is 32.6 Å². The lowest BCUT2D eigenvalue weighted by molar-refractivity contribution is -0.115. The molecule has 0 saturated heterocycles. The number of benzene rings is 1. The monoisotopic (exact) mass is 332 g/mol. The van der Waals surface area contributed by atoms with Crippen LogP contribution in [0.5, 0.6) is 5.75 Å². The number of ether oxygens (including phenoxy) is 1. The van der Waals surface area contributed by atoms with Gasteiger partial charge in [0.25, 0.3) is 0 Å². The van der Waals surface area contributed by atoms with Gasteiger partial charge in [0.15, 0.2) is 0 Å². The lowest BCUT2D eigenvalue weighted by Gasteiger charge is -2.16. The van der Waals surface area contributed by atoms with Gasteiger partial charge in [-0.1, -0.05) is 11.6 Å². The number of anilines is 1. The minimum Gasteiger partial charge on any atom is -0.491 e. The smallest absolute Gasteiger partial charge is 0.228 e.